The molecule has 0 saturated carbocycles. The van der Waals surface area contributed by atoms with E-state index in [4.69, 9.17) is 4.74 Å². The van der Waals surface area contributed by atoms with Crippen molar-refractivity contribution in [1.82, 2.24) is 0 Å². The average molecular weight is 317 g/mol. The molecule has 0 fully saturated rings. The van der Waals surface area contributed by atoms with E-state index in [0.717, 1.165) is 6.07 Å². The summed E-state index contributed by atoms with van der Waals surface area (Å²) in [5, 5.41) is 29.9. The molecule has 0 aliphatic rings. The summed E-state index contributed by atoms with van der Waals surface area (Å²) in [6.07, 6.45) is 0.510. The number of phenolic OH excluding ortho intramolecular Hbond substituents is 2. The Hall–Kier alpha value is -3.09. The second-order valence-electron chi connectivity index (χ2n) is 4.81. The zero-order valence-electron chi connectivity index (χ0n) is 12.4. The number of ketones is 1. The summed E-state index contributed by atoms with van der Waals surface area (Å²) in [5.41, 5.74) is 0.524. The first kappa shape index (κ1) is 16.3. The van der Waals surface area contributed by atoms with Crippen molar-refractivity contribution in [3.8, 4) is 17.2 Å². The molecular weight excluding hydrogens is 302 g/mol. The average Bonchev–Trinajstić information content (AvgIpc) is 2.53. The Balaban J connectivity index is 2.09. The standard InChI is InChI=1S/C16H15NO6/c1-2-10-7-13(15(19)8-14(10)18)16(20)9-23-12-5-3-11(4-6-12)17(21)22/h3-8,18-19H,2,9H2,1H3. The molecule has 2 aromatic rings. The van der Waals surface area contributed by atoms with Gasteiger partial charge in [0, 0.05) is 18.2 Å². The van der Waals surface area contributed by atoms with E-state index in [1.807, 2.05) is 6.92 Å². The predicted octanol–water partition coefficient (Wildman–Crippen LogP) is 2.83. The molecule has 0 unspecified atom stereocenters. The highest BCUT2D eigenvalue weighted by atomic mass is 16.6. The largest absolute Gasteiger partial charge is 0.508 e. The van der Waals surface area contributed by atoms with Crippen LogP contribution in [0, 0.1) is 10.1 Å². The van der Waals surface area contributed by atoms with E-state index < -0.39 is 10.7 Å². The van der Waals surface area contributed by atoms with Gasteiger partial charge in [0.05, 0.1) is 10.5 Å². The number of benzene rings is 2. The summed E-state index contributed by atoms with van der Waals surface area (Å²) in [6.45, 7) is 1.48. The Morgan fingerprint density at radius 3 is 2.39 bits per heavy atom. The topological polar surface area (TPSA) is 110 Å². The van der Waals surface area contributed by atoms with Crippen molar-refractivity contribution >= 4 is 11.5 Å². The van der Waals surface area contributed by atoms with Crippen molar-refractivity contribution in [1.29, 1.82) is 0 Å². The number of carbonyl (C=O) groups excluding carboxylic acids is 1. The van der Waals surface area contributed by atoms with E-state index in [1.54, 1.807) is 0 Å². The van der Waals surface area contributed by atoms with Gasteiger partial charge < -0.3 is 14.9 Å². The molecule has 7 heteroatoms. The molecule has 120 valence electrons. The minimum Gasteiger partial charge on any atom is -0.508 e. The molecule has 23 heavy (non-hydrogen) atoms. The number of hydrogen-bond donors (Lipinski definition) is 2. The predicted molar refractivity (Wildman–Crippen MR) is 82.1 cm³/mol. The molecule has 0 aliphatic carbocycles. The maximum Gasteiger partial charge on any atom is 0.269 e. The van der Waals surface area contributed by atoms with Gasteiger partial charge in [-0.1, -0.05) is 6.92 Å². The molecule has 0 aromatic heterocycles. The first-order valence-electron chi connectivity index (χ1n) is 6.87. The smallest absolute Gasteiger partial charge is 0.269 e. The lowest BCUT2D eigenvalue weighted by atomic mass is 10.0. The molecule has 0 spiro atoms. The number of rotatable bonds is 6. The number of carbonyl (C=O) groups is 1. The SMILES string of the molecule is CCc1cc(C(=O)COc2ccc([N+](=O)[O-])cc2)c(O)cc1O. The van der Waals surface area contributed by atoms with Crippen molar-refractivity contribution in [3.05, 3.63) is 57.6 Å². The van der Waals surface area contributed by atoms with Crippen LogP contribution in [0.3, 0.4) is 0 Å². The van der Waals surface area contributed by atoms with E-state index in [2.05, 4.69) is 0 Å². The van der Waals surface area contributed by atoms with E-state index in [0.29, 0.717) is 17.7 Å². The van der Waals surface area contributed by atoms with Crippen molar-refractivity contribution in [3.63, 3.8) is 0 Å². The van der Waals surface area contributed by atoms with Crippen LogP contribution in [0.1, 0.15) is 22.8 Å². The highest BCUT2D eigenvalue weighted by molar-refractivity contribution is 6.00. The number of hydrogen-bond acceptors (Lipinski definition) is 6. The zero-order chi connectivity index (χ0) is 17.0. The van der Waals surface area contributed by atoms with Gasteiger partial charge in [0.25, 0.3) is 5.69 Å². The van der Waals surface area contributed by atoms with Crippen molar-refractivity contribution in [2.75, 3.05) is 6.61 Å². The Labute approximate surface area is 131 Å². The fourth-order valence-electron chi connectivity index (χ4n) is 2.02. The molecule has 0 bridgehead atoms. The maximum absolute atomic E-state index is 12.1. The lowest BCUT2D eigenvalue weighted by Crippen LogP contribution is -2.12. The normalized spacial score (nSPS) is 10.3. The number of non-ortho nitro benzene ring substituents is 1. The van der Waals surface area contributed by atoms with Crippen molar-refractivity contribution < 1.29 is 24.7 Å². The fourth-order valence-corrected chi connectivity index (χ4v) is 2.02. The van der Waals surface area contributed by atoms with E-state index in [1.165, 1.54) is 30.3 Å². The molecule has 2 rings (SSSR count). The molecule has 0 atom stereocenters. The molecule has 2 N–H and O–H groups in total. The summed E-state index contributed by atoms with van der Waals surface area (Å²) >= 11 is 0. The van der Waals surface area contributed by atoms with Crippen LogP contribution in [0.4, 0.5) is 5.69 Å². The van der Waals surface area contributed by atoms with E-state index in [-0.39, 0.29) is 29.4 Å². The third-order valence-corrected chi connectivity index (χ3v) is 3.30. The number of phenols is 2. The Kier molecular flexibility index (Phi) is 4.80. The number of nitro benzene ring substituents is 1. The van der Waals surface area contributed by atoms with Crippen LogP contribution in [-0.4, -0.2) is 27.5 Å². The summed E-state index contributed by atoms with van der Waals surface area (Å²) in [5.74, 6) is -0.552. The number of ether oxygens (including phenoxy) is 1. The number of Topliss-reactive ketones (excluding diaryl/α,β-unsaturated/α-hetero) is 1. The summed E-state index contributed by atoms with van der Waals surface area (Å²) < 4.78 is 5.27. The molecule has 0 saturated heterocycles. The van der Waals surface area contributed by atoms with Gasteiger partial charge in [-0.25, -0.2) is 0 Å². The number of aryl methyl sites for hydroxylation is 1. The molecule has 7 nitrogen and oxygen atoms in total. The zero-order valence-corrected chi connectivity index (χ0v) is 12.4. The van der Waals surface area contributed by atoms with Gasteiger partial charge in [-0.15, -0.1) is 0 Å². The van der Waals surface area contributed by atoms with Crippen molar-refractivity contribution in [2.45, 2.75) is 13.3 Å². The van der Waals surface area contributed by atoms with Crippen molar-refractivity contribution in [2.24, 2.45) is 0 Å². The van der Waals surface area contributed by atoms with Gasteiger partial charge in [0.15, 0.2) is 6.61 Å². The summed E-state index contributed by atoms with van der Waals surface area (Å²) in [6, 6.07) is 7.86. The Morgan fingerprint density at radius 2 is 1.83 bits per heavy atom. The highest BCUT2D eigenvalue weighted by Gasteiger charge is 2.15. The second-order valence-corrected chi connectivity index (χ2v) is 4.81. The summed E-state index contributed by atoms with van der Waals surface area (Å²) in [7, 11) is 0. The number of aromatic hydroxyl groups is 2. The van der Waals surface area contributed by atoms with Gasteiger partial charge in [0.2, 0.25) is 5.78 Å². The first-order valence-corrected chi connectivity index (χ1v) is 6.87. The monoisotopic (exact) mass is 317 g/mol. The fraction of sp³-hybridized carbons (Fsp3) is 0.188. The van der Waals surface area contributed by atoms with Gasteiger partial charge in [0.1, 0.15) is 17.2 Å². The second kappa shape index (κ2) is 6.78. The minimum atomic E-state index is -0.532. The molecule has 0 amide bonds. The lowest BCUT2D eigenvalue weighted by Gasteiger charge is -2.09. The van der Waals surface area contributed by atoms with Crippen LogP contribution in [0.5, 0.6) is 17.2 Å². The lowest BCUT2D eigenvalue weighted by molar-refractivity contribution is -0.384. The highest BCUT2D eigenvalue weighted by Crippen LogP contribution is 2.28. The molecule has 0 aliphatic heterocycles. The van der Waals surface area contributed by atoms with Crippen LogP contribution in [0.15, 0.2) is 36.4 Å². The third-order valence-electron chi connectivity index (χ3n) is 3.30. The third kappa shape index (κ3) is 3.76. The molecule has 0 radical (unpaired) electrons. The van der Waals surface area contributed by atoms with Gasteiger partial charge in [-0.2, -0.15) is 0 Å². The quantitative estimate of drug-likeness (QED) is 0.481. The Bertz CT molecular complexity index is 739. The maximum atomic E-state index is 12.1. The van der Waals surface area contributed by atoms with Crippen LogP contribution in [-0.2, 0) is 6.42 Å². The minimum absolute atomic E-state index is 0.0570. The van der Waals surface area contributed by atoms with Crippen LogP contribution in [0.25, 0.3) is 0 Å². The van der Waals surface area contributed by atoms with Crippen LogP contribution in [0.2, 0.25) is 0 Å². The van der Waals surface area contributed by atoms with Gasteiger partial charge >= 0.3 is 0 Å². The number of nitro groups is 1. The number of nitrogens with zero attached hydrogens (tertiary/aromatic N) is 1. The summed E-state index contributed by atoms with van der Waals surface area (Å²) in [4.78, 5) is 22.1. The Morgan fingerprint density at radius 1 is 1.17 bits per heavy atom. The molecule has 0 heterocycles. The van der Waals surface area contributed by atoms with E-state index >= 15 is 0 Å². The molecule has 2 aromatic carbocycles. The van der Waals surface area contributed by atoms with Crippen LogP contribution >= 0.6 is 0 Å². The van der Waals surface area contributed by atoms with Crippen LogP contribution < -0.4 is 4.74 Å². The molecular formula is C16H15NO6. The van der Waals surface area contributed by atoms with Gasteiger partial charge in [-0.3, -0.25) is 14.9 Å². The van der Waals surface area contributed by atoms with E-state index in [9.17, 15) is 25.1 Å². The first-order chi connectivity index (χ1) is 10.9. The van der Waals surface area contributed by atoms with Gasteiger partial charge in [-0.05, 0) is 30.2 Å².